The van der Waals surface area contributed by atoms with Crippen LogP contribution in [0, 0.1) is 0 Å². The quantitative estimate of drug-likeness (QED) is 0.193. The summed E-state index contributed by atoms with van der Waals surface area (Å²) in [7, 11) is 0. The molecular formula is C32H32N8O3. The number of amides is 1. The summed E-state index contributed by atoms with van der Waals surface area (Å²) in [4.78, 5) is 32.9. The summed E-state index contributed by atoms with van der Waals surface area (Å²) in [5.41, 5.74) is 4.08. The van der Waals surface area contributed by atoms with Gasteiger partial charge in [0, 0.05) is 41.9 Å². The third-order valence-corrected chi connectivity index (χ3v) is 7.61. The van der Waals surface area contributed by atoms with Crippen molar-refractivity contribution in [3.63, 3.8) is 0 Å². The number of nitrogens with one attached hydrogen (secondary N) is 2. The van der Waals surface area contributed by atoms with Gasteiger partial charge in [-0.05, 0) is 61.7 Å². The van der Waals surface area contributed by atoms with E-state index in [0.717, 1.165) is 28.8 Å². The van der Waals surface area contributed by atoms with Gasteiger partial charge in [-0.1, -0.05) is 42.4 Å². The molecule has 3 N–H and O–H groups in total. The Labute approximate surface area is 249 Å². The molecule has 2 aromatic carbocycles. The molecule has 0 fully saturated rings. The maximum atomic E-state index is 13.1. The molecule has 4 heterocycles. The second kappa shape index (κ2) is 11.6. The summed E-state index contributed by atoms with van der Waals surface area (Å²) >= 11 is 0. The van der Waals surface area contributed by atoms with Crippen LogP contribution in [0.1, 0.15) is 54.7 Å². The number of aromatic nitrogens is 5. The minimum atomic E-state index is -0.457. The number of pyridine rings is 1. The zero-order chi connectivity index (χ0) is 30.0. The number of fused-ring (bicyclic) bond motifs is 1. The van der Waals surface area contributed by atoms with Gasteiger partial charge in [-0.25, -0.2) is 4.98 Å². The molecule has 0 radical (unpaired) electrons. The van der Waals surface area contributed by atoms with Crippen LogP contribution >= 0.6 is 0 Å². The van der Waals surface area contributed by atoms with E-state index in [9.17, 15) is 9.90 Å². The van der Waals surface area contributed by atoms with Crippen molar-refractivity contribution < 1.29 is 14.4 Å². The van der Waals surface area contributed by atoms with Crippen LogP contribution in [0.3, 0.4) is 0 Å². The van der Waals surface area contributed by atoms with Gasteiger partial charge in [-0.15, -0.1) is 0 Å². The van der Waals surface area contributed by atoms with Crippen LogP contribution in [0.4, 0.5) is 17.5 Å². The lowest BCUT2D eigenvalue weighted by Gasteiger charge is -2.32. The highest BCUT2D eigenvalue weighted by Gasteiger charge is 2.42. The molecule has 11 heteroatoms. The predicted molar refractivity (Wildman–Crippen MR) is 163 cm³/mol. The number of carbonyl (C=O) groups excluding carboxylic acids is 1. The molecule has 1 aliphatic rings. The zero-order valence-corrected chi connectivity index (χ0v) is 24.2. The van der Waals surface area contributed by atoms with Crippen molar-refractivity contribution in [2.75, 3.05) is 23.8 Å². The first-order chi connectivity index (χ1) is 20.9. The Morgan fingerprint density at radius 1 is 1.02 bits per heavy atom. The molecular weight excluding hydrogens is 544 g/mol. The standard InChI is InChI=1S/C32H32N8O3/c1-4-16-40-30(42)23-11-10-22(17-25(23)32(40,2)3)35-31-34-18-24(29-37-27(39-43-29)21-12-14-33-15-13-21)28(38-31)36-26(19-41)20-8-6-5-7-9-20/h5-15,17-18,26,41H,4,16,19H2,1-3H3,(H2,34,35,36,38)/t26-/m1/s1. The summed E-state index contributed by atoms with van der Waals surface area (Å²) in [6.07, 6.45) is 5.80. The largest absolute Gasteiger partial charge is 0.394 e. The summed E-state index contributed by atoms with van der Waals surface area (Å²) in [5, 5.41) is 21.0. The number of rotatable bonds is 10. The van der Waals surface area contributed by atoms with Gasteiger partial charge in [0.15, 0.2) is 0 Å². The van der Waals surface area contributed by atoms with Gasteiger partial charge >= 0.3 is 0 Å². The number of anilines is 3. The van der Waals surface area contributed by atoms with Crippen molar-refractivity contribution in [3.05, 3.63) is 95.9 Å². The van der Waals surface area contributed by atoms with Crippen molar-refractivity contribution in [3.8, 4) is 22.8 Å². The smallest absolute Gasteiger partial charge is 0.263 e. The average Bonchev–Trinajstić information content (AvgIpc) is 3.59. The van der Waals surface area contributed by atoms with Gasteiger partial charge in [0.05, 0.1) is 18.2 Å². The maximum absolute atomic E-state index is 13.1. The third-order valence-electron chi connectivity index (χ3n) is 7.61. The summed E-state index contributed by atoms with van der Waals surface area (Å²) in [5.74, 6) is 1.38. The molecule has 0 spiro atoms. The van der Waals surface area contributed by atoms with Gasteiger partial charge < -0.3 is 25.2 Å². The Morgan fingerprint density at radius 3 is 2.56 bits per heavy atom. The van der Waals surface area contributed by atoms with E-state index in [2.05, 4.69) is 51.5 Å². The molecule has 0 aliphatic carbocycles. The molecule has 0 bridgehead atoms. The van der Waals surface area contributed by atoms with Gasteiger partial charge in [0.25, 0.3) is 11.8 Å². The number of hydrogen-bond donors (Lipinski definition) is 3. The Kier molecular flexibility index (Phi) is 7.56. The first-order valence-electron chi connectivity index (χ1n) is 14.2. The number of aliphatic hydroxyl groups excluding tert-OH is 1. The molecule has 1 amide bonds. The van der Waals surface area contributed by atoms with Crippen LogP contribution in [0.15, 0.2) is 83.8 Å². The lowest BCUT2D eigenvalue weighted by molar-refractivity contribution is 0.0619. The zero-order valence-electron chi connectivity index (χ0n) is 24.2. The lowest BCUT2D eigenvalue weighted by Crippen LogP contribution is -2.39. The molecule has 0 unspecified atom stereocenters. The molecule has 11 nitrogen and oxygen atoms in total. The highest BCUT2D eigenvalue weighted by atomic mass is 16.5. The van der Waals surface area contributed by atoms with Crippen molar-refractivity contribution >= 4 is 23.4 Å². The molecule has 5 aromatic rings. The van der Waals surface area contributed by atoms with Crippen LogP contribution in [-0.4, -0.2) is 54.2 Å². The van der Waals surface area contributed by atoms with Crippen LogP contribution in [-0.2, 0) is 5.54 Å². The molecule has 3 aromatic heterocycles. The van der Waals surface area contributed by atoms with Crippen molar-refractivity contribution in [2.24, 2.45) is 0 Å². The topological polar surface area (TPSA) is 142 Å². The number of benzene rings is 2. The molecule has 218 valence electrons. The Balaban J connectivity index is 1.35. The van der Waals surface area contributed by atoms with Crippen molar-refractivity contribution in [1.82, 2.24) is 30.0 Å². The first-order valence-corrected chi connectivity index (χ1v) is 14.2. The highest BCUT2D eigenvalue weighted by molar-refractivity contribution is 6.00. The third kappa shape index (κ3) is 5.42. The van der Waals surface area contributed by atoms with E-state index in [4.69, 9.17) is 9.51 Å². The lowest BCUT2D eigenvalue weighted by atomic mass is 9.93. The molecule has 6 rings (SSSR count). The molecule has 43 heavy (non-hydrogen) atoms. The minimum absolute atomic E-state index is 0.0436. The maximum Gasteiger partial charge on any atom is 0.263 e. The van der Waals surface area contributed by atoms with Crippen LogP contribution in [0.25, 0.3) is 22.8 Å². The van der Waals surface area contributed by atoms with Gasteiger partial charge in [-0.2, -0.15) is 9.97 Å². The fourth-order valence-electron chi connectivity index (χ4n) is 5.34. The average molecular weight is 577 g/mol. The normalized spacial score (nSPS) is 14.4. The van der Waals surface area contributed by atoms with Gasteiger partial charge in [0.2, 0.25) is 11.8 Å². The van der Waals surface area contributed by atoms with E-state index in [0.29, 0.717) is 35.3 Å². The minimum Gasteiger partial charge on any atom is -0.394 e. The van der Waals surface area contributed by atoms with Crippen LogP contribution < -0.4 is 10.6 Å². The predicted octanol–water partition coefficient (Wildman–Crippen LogP) is 5.58. The summed E-state index contributed by atoms with van der Waals surface area (Å²) in [6.45, 7) is 6.71. The van der Waals surface area contributed by atoms with Gasteiger partial charge in [-0.3, -0.25) is 9.78 Å². The fourth-order valence-corrected chi connectivity index (χ4v) is 5.34. The molecule has 1 aliphatic heterocycles. The monoisotopic (exact) mass is 576 g/mol. The van der Waals surface area contributed by atoms with E-state index >= 15 is 0 Å². The Morgan fingerprint density at radius 2 is 1.81 bits per heavy atom. The first kappa shape index (κ1) is 28.0. The highest BCUT2D eigenvalue weighted by Crippen LogP contribution is 2.40. The Hall–Kier alpha value is -5.16. The van der Waals surface area contributed by atoms with E-state index in [1.165, 1.54) is 0 Å². The number of nitrogens with zero attached hydrogens (tertiary/aromatic N) is 6. The van der Waals surface area contributed by atoms with Gasteiger partial charge in [0.1, 0.15) is 11.4 Å². The van der Waals surface area contributed by atoms with E-state index < -0.39 is 11.6 Å². The van der Waals surface area contributed by atoms with Crippen LogP contribution in [0.5, 0.6) is 0 Å². The molecule has 0 saturated heterocycles. The SMILES string of the molecule is CCCN1C(=O)c2ccc(Nc3ncc(-c4nc(-c5ccncc5)no4)c(N[C@H](CO)c4ccccc4)n3)cc2C1(C)C. The second-order valence-corrected chi connectivity index (χ2v) is 10.8. The van der Waals surface area contributed by atoms with Crippen molar-refractivity contribution in [1.29, 1.82) is 0 Å². The summed E-state index contributed by atoms with van der Waals surface area (Å²) < 4.78 is 5.62. The number of aliphatic hydroxyl groups is 1. The molecule has 0 saturated carbocycles. The van der Waals surface area contributed by atoms with E-state index in [-0.39, 0.29) is 18.4 Å². The number of carbonyl (C=O) groups is 1. The van der Waals surface area contributed by atoms with E-state index in [1.807, 2.05) is 53.4 Å². The van der Waals surface area contributed by atoms with Crippen molar-refractivity contribution in [2.45, 2.75) is 38.8 Å². The second-order valence-electron chi connectivity index (χ2n) is 10.8. The fraction of sp³-hybridized carbons (Fsp3) is 0.250. The van der Waals surface area contributed by atoms with E-state index in [1.54, 1.807) is 30.7 Å². The molecule has 1 atom stereocenters. The number of hydrogen-bond acceptors (Lipinski definition) is 10. The Bertz CT molecular complexity index is 1740. The summed E-state index contributed by atoms with van der Waals surface area (Å²) in [6, 6.07) is 18.4. The van der Waals surface area contributed by atoms with Crippen LogP contribution in [0.2, 0.25) is 0 Å².